The first kappa shape index (κ1) is 18.7. The SMILES string of the molecule is Cc1onc(-c2cc(Cl)ccc2F)c1C(=O)N1CCC(C(F)(F)F)CC1. The van der Waals surface area contributed by atoms with E-state index in [1.165, 1.54) is 24.0 Å². The summed E-state index contributed by atoms with van der Waals surface area (Å²) in [4.78, 5) is 14.1. The molecule has 0 N–H and O–H groups in total. The second-order valence-corrected chi connectivity index (χ2v) is 6.63. The summed E-state index contributed by atoms with van der Waals surface area (Å²) in [6.07, 6.45) is -4.60. The molecule has 0 bridgehead atoms. The summed E-state index contributed by atoms with van der Waals surface area (Å²) in [5.41, 5.74) is 0.0324. The van der Waals surface area contributed by atoms with Crippen LogP contribution in [0.15, 0.2) is 22.7 Å². The summed E-state index contributed by atoms with van der Waals surface area (Å²) in [5.74, 6) is -2.41. The van der Waals surface area contributed by atoms with Crippen molar-refractivity contribution in [1.29, 1.82) is 0 Å². The maximum atomic E-state index is 14.1. The fraction of sp³-hybridized carbons (Fsp3) is 0.412. The van der Waals surface area contributed by atoms with Gasteiger partial charge in [-0.3, -0.25) is 4.79 Å². The molecular formula is C17H15ClF4N2O2. The first-order chi connectivity index (χ1) is 12.2. The Balaban J connectivity index is 1.88. The Bertz CT molecular complexity index is 827. The Morgan fingerprint density at radius 1 is 1.31 bits per heavy atom. The molecule has 1 fully saturated rings. The van der Waals surface area contributed by atoms with Gasteiger partial charge in [0.2, 0.25) is 0 Å². The van der Waals surface area contributed by atoms with Crippen LogP contribution in [-0.2, 0) is 0 Å². The van der Waals surface area contributed by atoms with E-state index in [1.807, 2.05) is 0 Å². The minimum atomic E-state index is -4.27. The van der Waals surface area contributed by atoms with Crippen LogP contribution in [0.25, 0.3) is 11.3 Å². The molecule has 1 saturated heterocycles. The van der Waals surface area contributed by atoms with Crippen LogP contribution in [0.2, 0.25) is 5.02 Å². The Morgan fingerprint density at radius 3 is 2.58 bits per heavy atom. The van der Waals surface area contributed by atoms with Gasteiger partial charge in [-0.15, -0.1) is 0 Å². The van der Waals surface area contributed by atoms with Crippen molar-refractivity contribution < 1.29 is 26.9 Å². The van der Waals surface area contributed by atoms with Crippen LogP contribution in [-0.4, -0.2) is 35.2 Å². The number of hydrogen-bond acceptors (Lipinski definition) is 3. The molecule has 2 aromatic rings. The van der Waals surface area contributed by atoms with Crippen molar-refractivity contribution in [3.8, 4) is 11.3 Å². The lowest BCUT2D eigenvalue weighted by Gasteiger charge is -2.32. The van der Waals surface area contributed by atoms with Gasteiger partial charge in [-0.2, -0.15) is 13.2 Å². The Hall–Kier alpha value is -2.09. The molecule has 2 heterocycles. The summed E-state index contributed by atoms with van der Waals surface area (Å²) in [6, 6.07) is 3.82. The quantitative estimate of drug-likeness (QED) is 0.688. The first-order valence-electron chi connectivity index (χ1n) is 7.96. The largest absolute Gasteiger partial charge is 0.391 e. The summed E-state index contributed by atoms with van der Waals surface area (Å²) in [5, 5.41) is 4.01. The van der Waals surface area contributed by atoms with Crippen LogP contribution >= 0.6 is 11.6 Å². The number of amides is 1. The van der Waals surface area contributed by atoms with Crippen molar-refractivity contribution in [2.75, 3.05) is 13.1 Å². The number of nitrogens with zero attached hydrogens (tertiary/aromatic N) is 2. The minimum Gasteiger partial charge on any atom is -0.360 e. The summed E-state index contributed by atoms with van der Waals surface area (Å²) >= 11 is 5.89. The predicted molar refractivity (Wildman–Crippen MR) is 86.3 cm³/mol. The number of likely N-dealkylation sites (tertiary alicyclic amines) is 1. The number of alkyl halides is 3. The highest BCUT2D eigenvalue weighted by Crippen LogP contribution is 2.36. The van der Waals surface area contributed by atoms with Gasteiger partial charge in [0.1, 0.15) is 22.8 Å². The number of aryl methyl sites for hydroxylation is 1. The lowest BCUT2D eigenvalue weighted by atomic mass is 9.95. The Morgan fingerprint density at radius 2 is 1.96 bits per heavy atom. The van der Waals surface area contributed by atoms with Crippen molar-refractivity contribution in [2.45, 2.75) is 25.9 Å². The zero-order valence-corrected chi connectivity index (χ0v) is 14.5. The first-order valence-corrected chi connectivity index (χ1v) is 8.34. The molecular weight excluding hydrogens is 376 g/mol. The molecule has 0 atom stereocenters. The van der Waals surface area contributed by atoms with Crippen molar-refractivity contribution in [3.63, 3.8) is 0 Å². The zero-order chi connectivity index (χ0) is 19.1. The van der Waals surface area contributed by atoms with Crippen LogP contribution < -0.4 is 0 Å². The summed E-state index contributed by atoms with van der Waals surface area (Å²) in [6.45, 7) is 1.42. The molecule has 0 aliphatic carbocycles. The molecule has 1 aliphatic rings. The van der Waals surface area contributed by atoms with Gasteiger partial charge < -0.3 is 9.42 Å². The fourth-order valence-corrected chi connectivity index (χ4v) is 3.23. The maximum absolute atomic E-state index is 14.1. The molecule has 0 radical (unpaired) electrons. The van der Waals surface area contributed by atoms with E-state index in [4.69, 9.17) is 16.1 Å². The monoisotopic (exact) mass is 390 g/mol. The van der Waals surface area contributed by atoms with E-state index < -0.39 is 23.8 Å². The number of carbonyl (C=O) groups is 1. The van der Waals surface area contributed by atoms with Crippen molar-refractivity contribution in [3.05, 3.63) is 40.4 Å². The zero-order valence-electron chi connectivity index (χ0n) is 13.7. The molecule has 3 rings (SSSR count). The second kappa shape index (κ2) is 6.90. The fourth-order valence-electron chi connectivity index (χ4n) is 3.05. The molecule has 1 aromatic carbocycles. The average Bonchev–Trinajstić information content (AvgIpc) is 2.97. The third-order valence-electron chi connectivity index (χ3n) is 4.51. The van der Waals surface area contributed by atoms with E-state index >= 15 is 0 Å². The van der Waals surface area contributed by atoms with Gasteiger partial charge in [0.25, 0.3) is 5.91 Å². The van der Waals surface area contributed by atoms with Gasteiger partial charge >= 0.3 is 6.18 Å². The average molecular weight is 391 g/mol. The van der Waals surface area contributed by atoms with Crippen molar-refractivity contribution >= 4 is 17.5 Å². The molecule has 1 amide bonds. The lowest BCUT2D eigenvalue weighted by Crippen LogP contribution is -2.42. The Kier molecular flexibility index (Phi) is 4.96. The number of piperidine rings is 1. The number of rotatable bonds is 2. The third kappa shape index (κ3) is 3.56. The van der Waals surface area contributed by atoms with Gasteiger partial charge in [-0.05, 0) is 38.0 Å². The third-order valence-corrected chi connectivity index (χ3v) is 4.74. The normalized spacial score (nSPS) is 16.2. The predicted octanol–water partition coefficient (Wildman–Crippen LogP) is 4.86. The number of carbonyl (C=O) groups excluding carboxylic acids is 1. The lowest BCUT2D eigenvalue weighted by molar-refractivity contribution is -0.183. The molecule has 26 heavy (non-hydrogen) atoms. The molecule has 1 aromatic heterocycles. The molecule has 140 valence electrons. The van der Waals surface area contributed by atoms with Crippen molar-refractivity contribution in [1.82, 2.24) is 10.1 Å². The molecule has 1 aliphatic heterocycles. The topological polar surface area (TPSA) is 46.3 Å². The second-order valence-electron chi connectivity index (χ2n) is 6.19. The van der Waals surface area contributed by atoms with E-state index in [0.29, 0.717) is 0 Å². The van der Waals surface area contributed by atoms with Gasteiger partial charge in [-0.1, -0.05) is 16.8 Å². The minimum absolute atomic E-state index is 0.00266. The van der Waals surface area contributed by atoms with Crippen LogP contribution in [0.1, 0.15) is 29.0 Å². The van der Waals surface area contributed by atoms with Crippen LogP contribution in [0, 0.1) is 18.7 Å². The van der Waals surface area contributed by atoms with Crippen LogP contribution in [0.4, 0.5) is 17.6 Å². The van der Waals surface area contributed by atoms with Gasteiger partial charge in [0, 0.05) is 23.7 Å². The standard InChI is InChI=1S/C17H15ClF4N2O2/c1-9-14(15(23-26-9)12-8-11(18)2-3-13(12)19)16(25)24-6-4-10(5-7-24)17(20,21)22/h2-3,8,10H,4-7H2,1H3. The number of hydrogen-bond donors (Lipinski definition) is 0. The van der Waals surface area contributed by atoms with Gasteiger partial charge in [-0.25, -0.2) is 4.39 Å². The molecule has 0 saturated carbocycles. The number of benzene rings is 1. The van der Waals surface area contributed by atoms with Gasteiger partial charge in [0.15, 0.2) is 0 Å². The molecule has 0 unspecified atom stereocenters. The van der Waals surface area contributed by atoms with Crippen molar-refractivity contribution in [2.24, 2.45) is 5.92 Å². The summed E-state index contributed by atoms with van der Waals surface area (Å²) in [7, 11) is 0. The number of aromatic nitrogens is 1. The maximum Gasteiger partial charge on any atom is 0.391 e. The molecule has 4 nitrogen and oxygen atoms in total. The van der Waals surface area contributed by atoms with E-state index in [-0.39, 0.29) is 53.5 Å². The highest BCUT2D eigenvalue weighted by molar-refractivity contribution is 6.30. The highest BCUT2D eigenvalue weighted by Gasteiger charge is 2.42. The highest BCUT2D eigenvalue weighted by atomic mass is 35.5. The van der Waals surface area contributed by atoms with E-state index in [9.17, 15) is 22.4 Å². The Labute approximate surface area is 151 Å². The summed E-state index contributed by atoms with van der Waals surface area (Å²) < 4.78 is 57.6. The molecule has 9 heteroatoms. The van der Waals surface area contributed by atoms with E-state index in [0.717, 1.165) is 6.07 Å². The molecule has 0 spiro atoms. The number of halogens is 5. The van der Waals surface area contributed by atoms with E-state index in [2.05, 4.69) is 5.16 Å². The van der Waals surface area contributed by atoms with Crippen LogP contribution in [0.5, 0.6) is 0 Å². The van der Waals surface area contributed by atoms with Gasteiger partial charge in [0.05, 0.1) is 5.92 Å². The van der Waals surface area contributed by atoms with E-state index in [1.54, 1.807) is 0 Å². The smallest absolute Gasteiger partial charge is 0.360 e. The van der Waals surface area contributed by atoms with Crippen LogP contribution in [0.3, 0.4) is 0 Å².